The Morgan fingerprint density at radius 1 is 1.42 bits per heavy atom. The lowest BCUT2D eigenvalue weighted by Crippen LogP contribution is -1.92. The topological polar surface area (TPSA) is 17.8 Å². The Labute approximate surface area is 76.5 Å². The van der Waals surface area contributed by atoms with Gasteiger partial charge in [0, 0.05) is 17.4 Å². The Kier molecular flexibility index (Phi) is 2.88. The van der Waals surface area contributed by atoms with Crippen LogP contribution in [0.4, 0.5) is 0 Å². The van der Waals surface area contributed by atoms with Gasteiger partial charge in [0.15, 0.2) is 0 Å². The van der Waals surface area contributed by atoms with Crippen LogP contribution < -0.4 is 0 Å². The highest BCUT2D eigenvalue weighted by atomic mass is 35.5. The first kappa shape index (κ1) is 8.81. The van der Waals surface area contributed by atoms with Gasteiger partial charge in [0.2, 0.25) is 0 Å². The number of aromatic nitrogens is 2. The van der Waals surface area contributed by atoms with E-state index < -0.39 is 0 Å². The Bertz CT molecular complexity index is 309. The Morgan fingerprint density at radius 3 is 2.67 bits per heavy atom. The number of halogens is 1. The maximum absolute atomic E-state index is 5.53. The average molecular weight is 181 g/mol. The molecule has 0 atom stereocenters. The molecule has 0 aliphatic rings. The van der Waals surface area contributed by atoms with Gasteiger partial charge in [0.05, 0.1) is 5.70 Å². The Balaban J connectivity index is 2.68. The molecule has 0 unspecified atom stereocenters. The van der Waals surface area contributed by atoms with Crippen molar-refractivity contribution in [3.05, 3.63) is 48.8 Å². The quantitative estimate of drug-likeness (QED) is 0.654. The van der Waals surface area contributed by atoms with E-state index in [1.807, 2.05) is 12.3 Å². The third kappa shape index (κ3) is 2.40. The fourth-order valence-corrected chi connectivity index (χ4v) is 0.765. The highest BCUT2D eigenvalue weighted by molar-refractivity contribution is 6.30. The van der Waals surface area contributed by atoms with Gasteiger partial charge in [-0.2, -0.15) is 5.10 Å². The average Bonchev–Trinajstić information content (AvgIpc) is 2.51. The first-order valence-corrected chi connectivity index (χ1v) is 3.79. The van der Waals surface area contributed by atoms with Crippen molar-refractivity contribution in [1.82, 2.24) is 9.78 Å². The summed E-state index contributed by atoms with van der Waals surface area (Å²) in [5, 5.41) is 4.46. The second-order valence-corrected chi connectivity index (χ2v) is 2.71. The zero-order valence-corrected chi connectivity index (χ0v) is 7.33. The van der Waals surface area contributed by atoms with Gasteiger partial charge in [-0.1, -0.05) is 24.8 Å². The minimum atomic E-state index is 0.475. The summed E-state index contributed by atoms with van der Waals surface area (Å²) in [6.45, 7) is 7.30. The van der Waals surface area contributed by atoms with Crippen molar-refractivity contribution < 1.29 is 0 Å². The third-order valence-electron chi connectivity index (χ3n) is 1.26. The molecule has 1 aromatic rings. The smallest absolute Gasteiger partial charge is 0.0574 e. The van der Waals surface area contributed by atoms with E-state index in [4.69, 9.17) is 11.6 Å². The number of rotatable bonds is 3. The van der Waals surface area contributed by atoms with Crippen molar-refractivity contribution in [3.8, 4) is 0 Å². The summed E-state index contributed by atoms with van der Waals surface area (Å²) in [5.41, 5.74) is 0.752. The van der Waals surface area contributed by atoms with Crippen LogP contribution in [-0.2, 0) is 0 Å². The van der Waals surface area contributed by atoms with Crippen LogP contribution in [0.15, 0.2) is 48.8 Å². The molecule has 12 heavy (non-hydrogen) atoms. The van der Waals surface area contributed by atoms with Crippen LogP contribution in [0.25, 0.3) is 5.70 Å². The lowest BCUT2D eigenvalue weighted by molar-refractivity contribution is 0.912. The fourth-order valence-electron chi connectivity index (χ4n) is 0.702. The summed E-state index contributed by atoms with van der Waals surface area (Å²) in [5.74, 6) is 0. The molecule has 0 amide bonds. The molecule has 0 fully saturated rings. The van der Waals surface area contributed by atoms with Crippen molar-refractivity contribution in [2.24, 2.45) is 0 Å². The first-order valence-electron chi connectivity index (χ1n) is 3.41. The zero-order valence-electron chi connectivity index (χ0n) is 6.57. The number of hydrogen-bond acceptors (Lipinski definition) is 1. The van der Waals surface area contributed by atoms with Crippen LogP contribution in [0, 0.1) is 0 Å². The SMILES string of the molecule is C=C(Cl)/C=C\C(=C)n1cccn1. The van der Waals surface area contributed by atoms with Gasteiger partial charge in [-0.25, -0.2) is 4.68 Å². The number of hydrogen-bond donors (Lipinski definition) is 0. The number of allylic oxidation sites excluding steroid dienone is 4. The molecular formula is C9H9ClN2. The minimum absolute atomic E-state index is 0.475. The molecule has 0 saturated heterocycles. The molecule has 0 bridgehead atoms. The van der Waals surface area contributed by atoms with Gasteiger partial charge in [-0.15, -0.1) is 0 Å². The molecule has 3 heteroatoms. The molecule has 0 aliphatic heterocycles. The van der Waals surface area contributed by atoms with E-state index in [-0.39, 0.29) is 0 Å². The predicted molar refractivity (Wildman–Crippen MR) is 51.7 cm³/mol. The van der Waals surface area contributed by atoms with Gasteiger partial charge in [-0.3, -0.25) is 0 Å². The van der Waals surface area contributed by atoms with Crippen molar-refractivity contribution >= 4 is 17.3 Å². The molecule has 1 rings (SSSR count). The second kappa shape index (κ2) is 3.93. The molecule has 62 valence electrons. The van der Waals surface area contributed by atoms with Gasteiger partial charge in [0.1, 0.15) is 0 Å². The maximum atomic E-state index is 5.53. The molecule has 0 radical (unpaired) electrons. The van der Waals surface area contributed by atoms with E-state index in [1.54, 1.807) is 23.0 Å². The summed E-state index contributed by atoms with van der Waals surface area (Å²) in [6.07, 6.45) is 6.92. The Morgan fingerprint density at radius 2 is 2.17 bits per heavy atom. The molecule has 1 heterocycles. The highest BCUT2D eigenvalue weighted by Crippen LogP contribution is 2.05. The van der Waals surface area contributed by atoms with Crippen molar-refractivity contribution in [1.29, 1.82) is 0 Å². The molecule has 1 aromatic heterocycles. The van der Waals surface area contributed by atoms with Crippen LogP contribution in [0.1, 0.15) is 0 Å². The molecule has 0 saturated carbocycles. The van der Waals surface area contributed by atoms with Gasteiger partial charge in [0.25, 0.3) is 0 Å². The van der Waals surface area contributed by atoms with Crippen molar-refractivity contribution in [2.45, 2.75) is 0 Å². The lowest BCUT2D eigenvalue weighted by Gasteiger charge is -1.97. The predicted octanol–water partition coefficient (Wildman–Crippen LogP) is 2.66. The normalized spacial score (nSPS) is 10.4. The summed E-state index contributed by atoms with van der Waals surface area (Å²) in [7, 11) is 0. The molecule has 2 nitrogen and oxygen atoms in total. The van der Waals surface area contributed by atoms with Gasteiger partial charge < -0.3 is 0 Å². The van der Waals surface area contributed by atoms with Crippen LogP contribution in [0.3, 0.4) is 0 Å². The van der Waals surface area contributed by atoms with Crippen LogP contribution in [-0.4, -0.2) is 9.78 Å². The molecule has 0 aromatic carbocycles. The summed E-state index contributed by atoms with van der Waals surface area (Å²) < 4.78 is 1.65. The van der Waals surface area contributed by atoms with Gasteiger partial charge >= 0.3 is 0 Å². The second-order valence-electron chi connectivity index (χ2n) is 2.22. The minimum Gasteiger partial charge on any atom is -0.242 e. The largest absolute Gasteiger partial charge is 0.242 e. The Hall–Kier alpha value is -1.28. The van der Waals surface area contributed by atoms with Crippen molar-refractivity contribution in [2.75, 3.05) is 0 Å². The third-order valence-corrected chi connectivity index (χ3v) is 1.38. The molecule has 0 N–H and O–H groups in total. The van der Waals surface area contributed by atoms with Crippen molar-refractivity contribution in [3.63, 3.8) is 0 Å². The zero-order chi connectivity index (χ0) is 8.97. The van der Waals surface area contributed by atoms with E-state index in [0.717, 1.165) is 5.70 Å². The summed E-state index contributed by atoms with van der Waals surface area (Å²) >= 11 is 5.53. The highest BCUT2D eigenvalue weighted by Gasteiger charge is 1.90. The van der Waals surface area contributed by atoms with Crippen LogP contribution >= 0.6 is 11.6 Å². The van der Waals surface area contributed by atoms with E-state index >= 15 is 0 Å². The monoisotopic (exact) mass is 180 g/mol. The van der Waals surface area contributed by atoms with E-state index in [1.165, 1.54) is 0 Å². The fraction of sp³-hybridized carbons (Fsp3) is 0. The molecule has 0 spiro atoms. The molecule has 0 aliphatic carbocycles. The summed E-state index contributed by atoms with van der Waals surface area (Å²) in [6, 6.07) is 1.83. The first-order chi connectivity index (χ1) is 5.70. The standard InChI is InChI=1S/C9H9ClN2/c1-8(10)4-5-9(2)12-7-3-6-11-12/h3-7H,1-2H2/b5-4-. The van der Waals surface area contributed by atoms with Crippen LogP contribution in [0.2, 0.25) is 0 Å². The van der Waals surface area contributed by atoms with Gasteiger partial charge in [-0.05, 0) is 18.2 Å². The maximum Gasteiger partial charge on any atom is 0.0574 e. The van der Waals surface area contributed by atoms with Crippen LogP contribution in [0.5, 0.6) is 0 Å². The number of nitrogens with zero attached hydrogens (tertiary/aromatic N) is 2. The van der Waals surface area contributed by atoms with E-state index in [2.05, 4.69) is 18.3 Å². The molecular weight excluding hydrogens is 172 g/mol. The summed E-state index contributed by atoms with van der Waals surface area (Å²) in [4.78, 5) is 0. The van der Waals surface area contributed by atoms with E-state index in [0.29, 0.717) is 5.03 Å². The lowest BCUT2D eigenvalue weighted by atomic mass is 10.4. The van der Waals surface area contributed by atoms with E-state index in [9.17, 15) is 0 Å².